The highest BCUT2D eigenvalue weighted by atomic mass is 32.2. The molecule has 0 aliphatic heterocycles. The van der Waals surface area contributed by atoms with Gasteiger partial charge < -0.3 is 20.3 Å². The second-order valence-electron chi connectivity index (χ2n) is 8.60. The topological polar surface area (TPSA) is 91.7 Å². The van der Waals surface area contributed by atoms with Gasteiger partial charge in [-0.1, -0.05) is 32.8 Å². The van der Waals surface area contributed by atoms with Crippen molar-refractivity contribution in [3.63, 3.8) is 0 Å². The number of anilines is 1. The fourth-order valence-electron chi connectivity index (χ4n) is 4.19. The van der Waals surface area contributed by atoms with Gasteiger partial charge in [0.25, 0.3) is 0 Å². The van der Waals surface area contributed by atoms with E-state index >= 15 is 0 Å². The molecule has 178 valence electrons. The molecular weight excluding hydrogens is 436 g/mol. The maximum Gasteiger partial charge on any atom is 0.200 e. The number of aromatic hydroxyl groups is 2. The van der Waals surface area contributed by atoms with E-state index < -0.39 is 9.52 Å². The molecule has 0 fully saturated rings. The molecule has 1 atom stereocenters. The summed E-state index contributed by atoms with van der Waals surface area (Å²) in [6.45, 7) is 5.16. The summed E-state index contributed by atoms with van der Waals surface area (Å²) in [6.07, 6.45) is 7.78. The Hall–Kier alpha value is -2.93. The first-order valence-corrected chi connectivity index (χ1v) is 13.4. The van der Waals surface area contributed by atoms with Crippen molar-refractivity contribution < 1.29 is 19.2 Å². The van der Waals surface area contributed by atoms with Crippen LogP contribution in [0, 0.1) is 5.92 Å². The van der Waals surface area contributed by atoms with Gasteiger partial charge in [-0.3, -0.25) is 9.19 Å². The number of nitrogens with one attached hydrogen (secondary N) is 1. The SMILES string of the molecule is C=S(C)(=O)c1cnc2ccc(-c3cc(O)c(O)c(OC)c3)cc2c1NCC(CCC)CCC. The van der Waals surface area contributed by atoms with E-state index in [2.05, 4.69) is 30.0 Å². The van der Waals surface area contributed by atoms with Crippen LogP contribution in [0.1, 0.15) is 39.5 Å². The predicted octanol–water partition coefficient (Wildman–Crippen LogP) is 5.66. The van der Waals surface area contributed by atoms with Gasteiger partial charge in [-0.15, -0.1) is 0 Å². The molecule has 0 aliphatic carbocycles. The number of phenols is 2. The Bertz CT molecular complexity index is 1230. The second kappa shape index (κ2) is 10.3. The Balaban J connectivity index is 2.15. The first-order valence-electron chi connectivity index (χ1n) is 11.3. The minimum absolute atomic E-state index is 0.187. The molecule has 1 heterocycles. The van der Waals surface area contributed by atoms with Crippen LogP contribution in [-0.4, -0.2) is 45.2 Å². The number of aromatic nitrogens is 1. The van der Waals surface area contributed by atoms with Crippen LogP contribution in [0.3, 0.4) is 0 Å². The van der Waals surface area contributed by atoms with Gasteiger partial charge in [0.2, 0.25) is 5.75 Å². The monoisotopic (exact) mass is 470 g/mol. The number of benzene rings is 2. The molecule has 3 N–H and O–H groups in total. The highest BCUT2D eigenvalue weighted by molar-refractivity contribution is 7.99. The van der Waals surface area contributed by atoms with Crippen molar-refractivity contribution in [2.45, 2.75) is 44.4 Å². The third kappa shape index (κ3) is 5.53. The molecule has 0 aliphatic rings. The van der Waals surface area contributed by atoms with Crippen LogP contribution < -0.4 is 10.1 Å². The van der Waals surface area contributed by atoms with Crippen LogP contribution in [0.25, 0.3) is 22.0 Å². The van der Waals surface area contributed by atoms with Crippen molar-refractivity contribution in [3.05, 3.63) is 36.5 Å². The summed E-state index contributed by atoms with van der Waals surface area (Å²) in [5.41, 5.74) is 3.05. The number of fused-ring (bicyclic) bond motifs is 1. The zero-order valence-corrected chi connectivity index (χ0v) is 20.7. The third-order valence-electron chi connectivity index (χ3n) is 5.87. The maximum atomic E-state index is 13.0. The lowest BCUT2D eigenvalue weighted by Gasteiger charge is -2.21. The van der Waals surface area contributed by atoms with Gasteiger partial charge in [0.1, 0.15) is 0 Å². The fraction of sp³-hybridized carbons (Fsp3) is 0.385. The average molecular weight is 471 g/mol. The fourth-order valence-corrected chi connectivity index (χ4v) is 5.08. The number of pyridine rings is 1. The molecule has 6 nitrogen and oxygen atoms in total. The first-order chi connectivity index (χ1) is 15.7. The molecule has 0 radical (unpaired) electrons. The summed E-state index contributed by atoms with van der Waals surface area (Å²) in [5, 5.41) is 24.5. The van der Waals surface area contributed by atoms with E-state index in [0.29, 0.717) is 16.4 Å². The number of methoxy groups -OCH3 is 1. The first kappa shape index (κ1) is 24.7. The molecule has 3 aromatic rings. The van der Waals surface area contributed by atoms with Crippen LogP contribution in [0.4, 0.5) is 5.69 Å². The standard InChI is InChI=1S/C26H34N2O4S/c1-6-8-17(9-7-2)15-28-25-20-12-18(19-13-22(29)26(30)23(14-19)32-3)10-11-21(20)27-16-24(25)33(4,5)31/h10-14,16-17,29-30H,4,6-9,15H2,1-3,5H3,(H,27,28). The molecule has 0 amide bonds. The lowest BCUT2D eigenvalue weighted by molar-refractivity contribution is 0.351. The van der Waals surface area contributed by atoms with Gasteiger partial charge in [-0.05, 0) is 69.5 Å². The zero-order valence-electron chi connectivity index (χ0n) is 19.9. The summed E-state index contributed by atoms with van der Waals surface area (Å²) in [7, 11) is -1.08. The lowest BCUT2D eigenvalue weighted by Crippen LogP contribution is -2.16. The van der Waals surface area contributed by atoms with Gasteiger partial charge >= 0.3 is 0 Å². The number of phenolic OH excluding ortho intramolecular Hbond substituents is 2. The molecular formula is C26H34N2O4S. The number of rotatable bonds is 10. The number of hydrogen-bond donors (Lipinski definition) is 3. The predicted molar refractivity (Wildman–Crippen MR) is 138 cm³/mol. The molecule has 7 heteroatoms. The molecule has 2 aromatic carbocycles. The van der Waals surface area contributed by atoms with Gasteiger partial charge in [-0.25, -0.2) is 0 Å². The third-order valence-corrected chi connectivity index (χ3v) is 7.11. The van der Waals surface area contributed by atoms with Crippen molar-refractivity contribution in [2.75, 3.05) is 25.2 Å². The average Bonchev–Trinajstić information content (AvgIpc) is 2.78. The van der Waals surface area contributed by atoms with Crippen LogP contribution in [-0.2, 0) is 9.52 Å². The normalized spacial score (nSPS) is 13.2. The maximum absolute atomic E-state index is 13.0. The largest absolute Gasteiger partial charge is 0.504 e. The summed E-state index contributed by atoms with van der Waals surface area (Å²) < 4.78 is 18.2. The smallest absolute Gasteiger partial charge is 0.200 e. The van der Waals surface area contributed by atoms with E-state index in [1.54, 1.807) is 18.5 Å². The Morgan fingerprint density at radius 3 is 2.42 bits per heavy atom. The molecule has 0 bridgehead atoms. The molecule has 0 spiro atoms. The summed E-state index contributed by atoms with van der Waals surface area (Å²) in [6, 6.07) is 8.91. The Labute approximate surface area is 196 Å². The summed E-state index contributed by atoms with van der Waals surface area (Å²) >= 11 is 0. The number of nitrogens with zero attached hydrogens (tertiary/aromatic N) is 1. The minimum atomic E-state index is -2.52. The van der Waals surface area contributed by atoms with E-state index in [4.69, 9.17) is 4.74 Å². The number of ether oxygens (including phenoxy) is 1. The molecule has 0 saturated heterocycles. The van der Waals surface area contributed by atoms with Gasteiger partial charge in [0, 0.05) is 24.4 Å². The molecule has 3 rings (SSSR count). The Morgan fingerprint density at radius 1 is 1.12 bits per heavy atom. The van der Waals surface area contributed by atoms with Crippen LogP contribution >= 0.6 is 0 Å². The van der Waals surface area contributed by atoms with E-state index in [-0.39, 0.29) is 17.2 Å². The lowest BCUT2D eigenvalue weighted by atomic mass is 9.98. The van der Waals surface area contributed by atoms with Crippen LogP contribution in [0.15, 0.2) is 41.4 Å². The molecule has 1 aromatic heterocycles. The van der Waals surface area contributed by atoms with E-state index in [1.165, 1.54) is 13.2 Å². The van der Waals surface area contributed by atoms with E-state index in [0.717, 1.165) is 54.4 Å². The Kier molecular flexibility index (Phi) is 7.74. The summed E-state index contributed by atoms with van der Waals surface area (Å²) in [4.78, 5) is 5.14. The van der Waals surface area contributed by atoms with Crippen molar-refractivity contribution in [2.24, 2.45) is 5.92 Å². The number of hydrogen-bond acceptors (Lipinski definition) is 6. The Morgan fingerprint density at radius 2 is 1.82 bits per heavy atom. The van der Waals surface area contributed by atoms with E-state index in [9.17, 15) is 14.4 Å². The van der Waals surface area contributed by atoms with Crippen LogP contribution in [0.2, 0.25) is 0 Å². The minimum Gasteiger partial charge on any atom is -0.504 e. The highest BCUT2D eigenvalue weighted by Crippen LogP contribution is 2.41. The zero-order chi connectivity index (χ0) is 24.2. The highest BCUT2D eigenvalue weighted by Gasteiger charge is 2.17. The van der Waals surface area contributed by atoms with Crippen molar-refractivity contribution in [1.82, 2.24) is 4.98 Å². The molecule has 0 saturated carbocycles. The van der Waals surface area contributed by atoms with Crippen molar-refractivity contribution in [1.29, 1.82) is 0 Å². The summed E-state index contributed by atoms with van der Waals surface area (Å²) in [5.74, 6) is 4.06. The second-order valence-corrected chi connectivity index (χ2v) is 11.1. The van der Waals surface area contributed by atoms with E-state index in [1.807, 2.05) is 18.2 Å². The van der Waals surface area contributed by atoms with Gasteiger partial charge in [0.15, 0.2) is 11.5 Å². The van der Waals surface area contributed by atoms with Crippen molar-refractivity contribution in [3.8, 4) is 28.4 Å². The van der Waals surface area contributed by atoms with Gasteiger partial charge in [0.05, 0.1) is 23.2 Å². The van der Waals surface area contributed by atoms with Crippen molar-refractivity contribution >= 4 is 32.0 Å². The quantitative estimate of drug-likeness (QED) is 0.262. The van der Waals surface area contributed by atoms with Gasteiger partial charge in [-0.2, -0.15) is 0 Å². The van der Waals surface area contributed by atoms with Crippen LogP contribution in [0.5, 0.6) is 17.2 Å². The molecule has 33 heavy (non-hydrogen) atoms. The molecule has 1 unspecified atom stereocenters.